The zero-order valence-electron chi connectivity index (χ0n) is 20.0. The Bertz CT molecular complexity index is 1210. The number of hydrogen-bond donors (Lipinski definition) is 0. The molecule has 1 saturated heterocycles. The van der Waals surface area contributed by atoms with E-state index < -0.39 is 0 Å². The molecule has 0 unspecified atom stereocenters. The summed E-state index contributed by atoms with van der Waals surface area (Å²) < 4.78 is 25.6. The van der Waals surface area contributed by atoms with Crippen LogP contribution < -0.4 is 4.90 Å². The summed E-state index contributed by atoms with van der Waals surface area (Å²) in [6.07, 6.45) is 2.94. The molecule has 7 heteroatoms. The van der Waals surface area contributed by atoms with Gasteiger partial charge in [-0.25, -0.2) is 9.18 Å². The molecule has 35 heavy (non-hydrogen) atoms. The maximum atomic E-state index is 14.8. The highest BCUT2D eigenvalue weighted by Crippen LogP contribution is 2.25. The van der Waals surface area contributed by atoms with E-state index in [1.807, 2.05) is 4.90 Å². The maximum absolute atomic E-state index is 14.8. The van der Waals surface area contributed by atoms with E-state index in [0.717, 1.165) is 38.3 Å². The van der Waals surface area contributed by atoms with Gasteiger partial charge in [0.05, 0.1) is 17.9 Å². The average molecular weight is 477 g/mol. The van der Waals surface area contributed by atoms with Crippen LogP contribution in [0.25, 0.3) is 17.4 Å². The summed E-state index contributed by atoms with van der Waals surface area (Å²) in [6.45, 7) is 8.54. The summed E-state index contributed by atoms with van der Waals surface area (Å²) in [4.78, 5) is 28.8. The van der Waals surface area contributed by atoms with Crippen molar-refractivity contribution in [3.05, 3.63) is 83.4 Å². The van der Waals surface area contributed by atoms with Crippen LogP contribution in [0.3, 0.4) is 0 Å². The van der Waals surface area contributed by atoms with Gasteiger partial charge in [-0.15, -0.1) is 0 Å². The molecule has 182 valence electrons. The number of nitrogens with zero attached hydrogens (tertiary/aromatic N) is 2. The van der Waals surface area contributed by atoms with Crippen LogP contribution in [0, 0.1) is 5.82 Å². The molecule has 1 aliphatic heterocycles. The third-order valence-electron chi connectivity index (χ3n) is 6.10. The largest absolute Gasteiger partial charge is 0.462 e. The van der Waals surface area contributed by atoms with E-state index in [1.54, 1.807) is 61.5 Å². The van der Waals surface area contributed by atoms with Gasteiger partial charge in [-0.1, -0.05) is 19.1 Å². The predicted molar refractivity (Wildman–Crippen MR) is 134 cm³/mol. The minimum Gasteiger partial charge on any atom is -0.462 e. The lowest BCUT2D eigenvalue weighted by atomic mass is 10.1. The van der Waals surface area contributed by atoms with Gasteiger partial charge in [0.15, 0.2) is 5.78 Å². The second kappa shape index (κ2) is 11.1. The number of allylic oxidation sites excluding steroid dienone is 1. The highest BCUT2D eigenvalue weighted by Gasteiger charge is 2.19. The molecule has 0 saturated carbocycles. The number of ether oxygens (including phenoxy) is 1. The molecule has 2 heterocycles. The molecule has 0 N–H and O–H groups in total. The Morgan fingerprint density at radius 1 is 0.971 bits per heavy atom. The van der Waals surface area contributed by atoms with Crippen LogP contribution in [0.2, 0.25) is 0 Å². The molecule has 2 aromatic carbocycles. The van der Waals surface area contributed by atoms with Gasteiger partial charge >= 0.3 is 5.97 Å². The van der Waals surface area contributed by atoms with Crippen molar-refractivity contribution < 1.29 is 23.1 Å². The molecular weight excluding hydrogens is 447 g/mol. The Kier molecular flexibility index (Phi) is 7.77. The molecule has 4 rings (SSSR count). The van der Waals surface area contributed by atoms with Gasteiger partial charge in [-0.2, -0.15) is 0 Å². The second-order valence-electron chi connectivity index (χ2n) is 8.28. The van der Waals surface area contributed by atoms with Crippen molar-refractivity contribution in [1.29, 1.82) is 0 Å². The zero-order valence-corrected chi connectivity index (χ0v) is 20.0. The van der Waals surface area contributed by atoms with Crippen molar-refractivity contribution in [2.75, 3.05) is 44.2 Å². The lowest BCUT2D eigenvalue weighted by Crippen LogP contribution is -2.46. The van der Waals surface area contributed by atoms with Crippen molar-refractivity contribution in [3.8, 4) is 11.3 Å². The Hall–Kier alpha value is -3.71. The van der Waals surface area contributed by atoms with Crippen molar-refractivity contribution in [3.63, 3.8) is 0 Å². The number of furan rings is 1. The number of carbonyl (C=O) groups excluding carboxylic acids is 2. The van der Waals surface area contributed by atoms with E-state index >= 15 is 0 Å². The number of piperazine rings is 1. The van der Waals surface area contributed by atoms with E-state index in [4.69, 9.17) is 9.15 Å². The molecule has 1 aromatic heterocycles. The number of likely N-dealkylation sites (N-methyl/N-ethyl adjacent to an activating group) is 1. The molecule has 0 bridgehead atoms. The van der Waals surface area contributed by atoms with Crippen molar-refractivity contribution in [1.82, 2.24) is 4.90 Å². The topological polar surface area (TPSA) is 63.0 Å². The highest BCUT2D eigenvalue weighted by atomic mass is 19.1. The van der Waals surface area contributed by atoms with Gasteiger partial charge in [0.25, 0.3) is 0 Å². The SMILES string of the molecule is CCOC(=O)c1ccc(-c2ccc(/C=C/C(=O)c3ccc(N4CCN(CC)CC4)c(F)c3)o2)cc1. The van der Waals surface area contributed by atoms with Crippen LogP contribution in [-0.2, 0) is 4.74 Å². The first-order valence-corrected chi connectivity index (χ1v) is 11.8. The van der Waals surface area contributed by atoms with Crippen molar-refractivity contribution in [2.45, 2.75) is 13.8 Å². The number of hydrogen-bond acceptors (Lipinski definition) is 6. The van der Waals surface area contributed by atoms with Crippen LogP contribution in [0.4, 0.5) is 10.1 Å². The highest BCUT2D eigenvalue weighted by molar-refractivity contribution is 6.06. The fourth-order valence-electron chi connectivity index (χ4n) is 4.06. The lowest BCUT2D eigenvalue weighted by molar-refractivity contribution is 0.0526. The molecule has 6 nitrogen and oxygen atoms in total. The third kappa shape index (κ3) is 5.87. The fraction of sp³-hybridized carbons (Fsp3) is 0.286. The summed E-state index contributed by atoms with van der Waals surface area (Å²) in [7, 11) is 0. The van der Waals surface area contributed by atoms with Gasteiger partial charge in [-0.05, 0) is 68.1 Å². The monoisotopic (exact) mass is 476 g/mol. The predicted octanol–water partition coefficient (Wildman–Crippen LogP) is 5.30. The van der Waals surface area contributed by atoms with Crippen LogP contribution in [0.5, 0.6) is 0 Å². The van der Waals surface area contributed by atoms with Gasteiger partial charge in [-0.3, -0.25) is 4.79 Å². The number of rotatable bonds is 8. The first-order chi connectivity index (χ1) is 17.0. The van der Waals surface area contributed by atoms with E-state index in [2.05, 4.69) is 11.8 Å². The molecular formula is C28H29FN2O4. The second-order valence-corrected chi connectivity index (χ2v) is 8.28. The molecule has 0 radical (unpaired) electrons. The van der Waals surface area contributed by atoms with Crippen LogP contribution >= 0.6 is 0 Å². The summed E-state index contributed by atoms with van der Waals surface area (Å²) in [6, 6.07) is 15.1. The Labute approximate surface area is 204 Å². The Morgan fingerprint density at radius 3 is 2.34 bits per heavy atom. The van der Waals surface area contributed by atoms with Crippen LogP contribution in [0.15, 0.2) is 65.1 Å². The van der Waals surface area contributed by atoms with E-state index in [1.165, 1.54) is 12.1 Å². The number of benzene rings is 2. The third-order valence-corrected chi connectivity index (χ3v) is 6.10. The van der Waals surface area contributed by atoms with Gasteiger partial charge in [0.1, 0.15) is 17.3 Å². The van der Waals surface area contributed by atoms with Gasteiger partial charge in [0.2, 0.25) is 0 Å². The standard InChI is InChI=1S/C28H29FN2O4/c1-3-30-15-17-31(18-16-30)25-12-9-22(19-24(25)29)26(32)13-10-23-11-14-27(35-23)20-5-7-21(8-6-20)28(33)34-4-2/h5-14,19H,3-4,15-18H2,1-2H3/b13-10+. The normalized spacial score (nSPS) is 14.4. The number of ketones is 1. The smallest absolute Gasteiger partial charge is 0.338 e. The minimum absolute atomic E-state index is 0.288. The maximum Gasteiger partial charge on any atom is 0.338 e. The molecule has 1 aliphatic rings. The molecule has 0 aliphatic carbocycles. The van der Waals surface area contributed by atoms with Crippen LogP contribution in [0.1, 0.15) is 40.3 Å². The molecule has 0 amide bonds. The average Bonchev–Trinajstić information content (AvgIpc) is 3.36. The summed E-state index contributed by atoms with van der Waals surface area (Å²) in [5.41, 5.74) is 2.08. The number of esters is 1. The summed E-state index contributed by atoms with van der Waals surface area (Å²) >= 11 is 0. The number of anilines is 1. The van der Waals surface area contributed by atoms with E-state index in [9.17, 15) is 14.0 Å². The zero-order chi connectivity index (χ0) is 24.8. The Balaban J connectivity index is 1.39. The minimum atomic E-state index is -0.388. The van der Waals surface area contributed by atoms with E-state index in [0.29, 0.717) is 29.4 Å². The number of halogens is 1. The first kappa shape index (κ1) is 24.4. The summed E-state index contributed by atoms with van der Waals surface area (Å²) in [5.74, 6) is 0.0349. The molecule has 3 aromatic rings. The number of carbonyl (C=O) groups is 2. The van der Waals surface area contributed by atoms with E-state index in [-0.39, 0.29) is 23.1 Å². The van der Waals surface area contributed by atoms with Gasteiger partial charge < -0.3 is 19.0 Å². The Morgan fingerprint density at radius 2 is 1.69 bits per heavy atom. The molecule has 0 spiro atoms. The fourth-order valence-corrected chi connectivity index (χ4v) is 4.06. The van der Waals surface area contributed by atoms with Crippen molar-refractivity contribution >= 4 is 23.5 Å². The molecule has 0 atom stereocenters. The van der Waals surface area contributed by atoms with Gasteiger partial charge in [0, 0.05) is 37.3 Å². The molecule has 1 fully saturated rings. The first-order valence-electron chi connectivity index (χ1n) is 11.8. The lowest BCUT2D eigenvalue weighted by Gasteiger charge is -2.35. The summed E-state index contributed by atoms with van der Waals surface area (Å²) in [5, 5.41) is 0. The van der Waals surface area contributed by atoms with Crippen LogP contribution in [-0.4, -0.2) is 56.0 Å². The quantitative estimate of drug-likeness (QED) is 0.250. The van der Waals surface area contributed by atoms with Crippen molar-refractivity contribution in [2.24, 2.45) is 0 Å².